The lowest BCUT2D eigenvalue weighted by Gasteiger charge is -2.04. The first-order valence-corrected chi connectivity index (χ1v) is 2.88. The van der Waals surface area contributed by atoms with Gasteiger partial charge in [-0.15, -0.1) is 0 Å². The zero-order valence-corrected chi connectivity index (χ0v) is 4.80. The summed E-state index contributed by atoms with van der Waals surface area (Å²) >= 11 is 0. The van der Waals surface area contributed by atoms with Crippen LogP contribution in [0.1, 0.15) is 12.8 Å². The maximum Gasteiger partial charge on any atom is 0.117 e. The molecule has 0 amide bonds. The molecule has 0 fully saturated rings. The third-order valence-electron chi connectivity index (χ3n) is 1.02. The normalized spacial score (nSPS) is 20.0. The highest BCUT2D eigenvalue weighted by Gasteiger charge is 1.89. The Bertz CT molecular complexity index is 68.6. The van der Waals surface area contributed by atoms with Crippen molar-refractivity contribution in [1.29, 1.82) is 0 Å². The van der Waals surface area contributed by atoms with Crippen molar-refractivity contribution in [1.82, 2.24) is 0 Å². The Balaban J connectivity index is 2.17. The quantitative estimate of drug-likeness (QED) is 0.472. The molecular formula is C6H10O2. The van der Waals surface area contributed by atoms with Crippen LogP contribution >= 0.6 is 0 Å². The van der Waals surface area contributed by atoms with Gasteiger partial charge in [-0.3, -0.25) is 0 Å². The molecule has 0 aliphatic carbocycles. The second-order valence-corrected chi connectivity index (χ2v) is 1.72. The Morgan fingerprint density at radius 1 is 0.875 bits per heavy atom. The zero-order valence-electron chi connectivity index (χ0n) is 4.80. The molecule has 2 nitrogen and oxygen atoms in total. The van der Waals surface area contributed by atoms with Crippen LogP contribution in [0.2, 0.25) is 0 Å². The molecule has 0 aromatic carbocycles. The van der Waals surface area contributed by atoms with Gasteiger partial charge in [-0.05, 0) is 12.8 Å². The fraction of sp³-hybridized carbons (Fsp3) is 0.667. The average Bonchev–Trinajstić information content (AvgIpc) is 1.62. The van der Waals surface area contributed by atoms with Gasteiger partial charge in [0.25, 0.3) is 0 Å². The Labute approximate surface area is 49.1 Å². The Morgan fingerprint density at radius 2 is 1.38 bits per heavy atom. The van der Waals surface area contributed by atoms with Crippen molar-refractivity contribution in [2.75, 3.05) is 13.2 Å². The van der Waals surface area contributed by atoms with Gasteiger partial charge in [0.05, 0.1) is 13.2 Å². The maximum atomic E-state index is 4.97. The molecule has 0 N–H and O–H groups in total. The highest BCUT2D eigenvalue weighted by atomic mass is 16.5. The monoisotopic (exact) mass is 114 g/mol. The molecule has 46 valence electrons. The molecule has 0 spiro atoms. The summed E-state index contributed by atoms with van der Waals surface area (Å²) in [4.78, 5) is 0. The zero-order chi connectivity index (χ0) is 5.66. The van der Waals surface area contributed by atoms with Crippen LogP contribution in [0.3, 0.4) is 0 Å². The highest BCUT2D eigenvalue weighted by molar-refractivity contribution is 4.62. The summed E-state index contributed by atoms with van der Waals surface area (Å²) < 4.78 is 9.94. The van der Waals surface area contributed by atoms with Crippen molar-refractivity contribution < 1.29 is 9.47 Å². The molecule has 1 aliphatic heterocycles. The van der Waals surface area contributed by atoms with Crippen molar-refractivity contribution in [2.24, 2.45) is 0 Å². The third kappa shape index (κ3) is 1.87. The van der Waals surface area contributed by atoms with Crippen LogP contribution in [-0.2, 0) is 9.47 Å². The summed E-state index contributed by atoms with van der Waals surface area (Å²) in [6.07, 6.45) is 5.40. The van der Waals surface area contributed by atoms with Crippen molar-refractivity contribution in [2.45, 2.75) is 12.8 Å². The van der Waals surface area contributed by atoms with Crippen molar-refractivity contribution in [3.8, 4) is 0 Å². The van der Waals surface area contributed by atoms with E-state index in [-0.39, 0.29) is 0 Å². The SMILES string of the molecule is C1=COCCCCO1. The topological polar surface area (TPSA) is 18.5 Å². The lowest BCUT2D eigenvalue weighted by Crippen LogP contribution is -1.96. The van der Waals surface area contributed by atoms with Crippen LogP contribution in [0.4, 0.5) is 0 Å². The van der Waals surface area contributed by atoms with Gasteiger partial charge in [0.2, 0.25) is 0 Å². The van der Waals surface area contributed by atoms with Gasteiger partial charge in [-0.25, -0.2) is 0 Å². The van der Waals surface area contributed by atoms with Crippen LogP contribution in [0.15, 0.2) is 12.5 Å². The van der Waals surface area contributed by atoms with Crippen LogP contribution in [-0.4, -0.2) is 13.2 Å². The molecule has 1 rings (SSSR count). The molecule has 8 heavy (non-hydrogen) atoms. The molecule has 2 heteroatoms. The maximum absolute atomic E-state index is 4.97. The van der Waals surface area contributed by atoms with Gasteiger partial charge in [-0.1, -0.05) is 0 Å². The molecule has 0 aromatic rings. The van der Waals surface area contributed by atoms with Crippen molar-refractivity contribution in [3.63, 3.8) is 0 Å². The van der Waals surface area contributed by atoms with E-state index in [9.17, 15) is 0 Å². The van der Waals surface area contributed by atoms with Gasteiger partial charge in [-0.2, -0.15) is 0 Å². The molecule has 0 saturated carbocycles. The van der Waals surface area contributed by atoms with Crippen LogP contribution < -0.4 is 0 Å². The van der Waals surface area contributed by atoms with E-state index < -0.39 is 0 Å². The fourth-order valence-corrected chi connectivity index (χ4v) is 0.585. The second-order valence-electron chi connectivity index (χ2n) is 1.72. The van der Waals surface area contributed by atoms with Gasteiger partial charge < -0.3 is 9.47 Å². The number of ether oxygens (including phenoxy) is 2. The minimum Gasteiger partial charge on any atom is -0.498 e. The predicted molar refractivity (Wildman–Crippen MR) is 30.3 cm³/mol. The lowest BCUT2D eigenvalue weighted by molar-refractivity contribution is 0.164. The van der Waals surface area contributed by atoms with E-state index >= 15 is 0 Å². The molecule has 0 bridgehead atoms. The summed E-state index contributed by atoms with van der Waals surface area (Å²) in [7, 11) is 0. The van der Waals surface area contributed by atoms with E-state index in [2.05, 4.69) is 0 Å². The minimum absolute atomic E-state index is 0.833. The molecule has 0 atom stereocenters. The van der Waals surface area contributed by atoms with E-state index in [1.807, 2.05) is 0 Å². The molecule has 0 saturated heterocycles. The second kappa shape index (κ2) is 3.36. The van der Waals surface area contributed by atoms with Crippen LogP contribution in [0.25, 0.3) is 0 Å². The molecule has 0 radical (unpaired) electrons. The van der Waals surface area contributed by atoms with E-state index in [1.54, 1.807) is 12.5 Å². The standard InChI is InChI=1S/C6H10O2/c1-2-4-8-6-5-7-3-1/h5-6H,1-4H2. The average molecular weight is 114 g/mol. The molecular weight excluding hydrogens is 104 g/mol. The largest absolute Gasteiger partial charge is 0.498 e. The number of hydrogen-bond donors (Lipinski definition) is 0. The van der Waals surface area contributed by atoms with E-state index in [0.29, 0.717) is 0 Å². The summed E-state index contributed by atoms with van der Waals surface area (Å²) in [6, 6.07) is 0. The first kappa shape index (κ1) is 5.48. The van der Waals surface area contributed by atoms with Crippen molar-refractivity contribution in [3.05, 3.63) is 12.5 Å². The van der Waals surface area contributed by atoms with Gasteiger partial charge in [0.15, 0.2) is 0 Å². The smallest absolute Gasteiger partial charge is 0.117 e. The number of hydrogen-bond acceptors (Lipinski definition) is 2. The van der Waals surface area contributed by atoms with E-state index in [1.165, 1.54) is 0 Å². The van der Waals surface area contributed by atoms with E-state index in [4.69, 9.17) is 9.47 Å². The summed E-state index contributed by atoms with van der Waals surface area (Å²) in [6.45, 7) is 1.67. The molecule has 0 unspecified atom stereocenters. The first-order chi connectivity index (χ1) is 4.00. The summed E-state index contributed by atoms with van der Waals surface area (Å²) in [5.74, 6) is 0. The third-order valence-corrected chi connectivity index (χ3v) is 1.02. The Morgan fingerprint density at radius 3 is 1.88 bits per heavy atom. The summed E-state index contributed by atoms with van der Waals surface area (Å²) in [5.41, 5.74) is 0. The van der Waals surface area contributed by atoms with Gasteiger partial charge in [0, 0.05) is 0 Å². The Hall–Kier alpha value is -0.660. The first-order valence-electron chi connectivity index (χ1n) is 2.88. The number of rotatable bonds is 0. The minimum atomic E-state index is 0.833. The fourth-order valence-electron chi connectivity index (χ4n) is 0.585. The summed E-state index contributed by atoms with van der Waals surface area (Å²) in [5, 5.41) is 0. The predicted octanol–water partition coefficient (Wildman–Crippen LogP) is 1.28. The van der Waals surface area contributed by atoms with Crippen molar-refractivity contribution >= 4 is 0 Å². The van der Waals surface area contributed by atoms with E-state index in [0.717, 1.165) is 26.1 Å². The highest BCUT2D eigenvalue weighted by Crippen LogP contribution is 1.95. The molecule has 1 heterocycles. The Kier molecular flexibility index (Phi) is 2.30. The van der Waals surface area contributed by atoms with Gasteiger partial charge >= 0.3 is 0 Å². The molecule has 0 aromatic heterocycles. The van der Waals surface area contributed by atoms with Crippen LogP contribution in [0.5, 0.6) is 0 Å². The van der Waals surface area contributed by atoms with Gasteiger partial charge in [0.1, 0.15) is 12.5 Å². The lowest BCUT2D eigenvalue weighted by atomic mass is 10.3. The molecule has 1 aliphatic rings. The van der Waals surface area contributed by atoms with Crippen LogP contribution in [0, 0.1) is 0 Å².